The van der Waals surface area contributed by atoms with Gasteiger partial charge < -0.3 is 9.15 Å². The van der Waals surface area contributed by atoms with Crippen LogP contribution in [0.2, 0.25) is 0 Å². The lowest BCUT2D eigenvalue weighted by atomic mass is 10.1. The Morgan fingerprint density at radius 2 is 2.00 bits per heavy atom. The van der Waals surface area contributed by atoms with Gasteiger partial charge in [0.2, 0.25) is 0 Å². The Morgan fingerprint density at radius 1 is 1.15 bits per heavy atom. The zero-order valence-electron chi connectivity index (χ0n) is 18.1. The van der Waals surface area contributed by atoms with E-state index in [0.29, 0.717) is 23.3 Å². The van der Waals surface area contributed by atoms with E-state index in [-0.39, 0.29) is 12.4 Å². The van der Waals surface area contributed by atoms with Gasteiger partial charge in [-0.15, -0.1) is 6.58 Å². The maximum absolute atomic E-state index is 12.4. The number of benzene rings is 3. The first-order chi connectivity index (χ1) is 16.6. The third-order valence-electron chi connectivity index (χ3n) is 5.05. The van der Waals surface area contributed by atoms with Crippen LogP contribution in [0.4, 0.5) is 0 Å². The van der Waals surface area contributed by atoms with E-state index in [1.54, 1.807) is 30.5 Å². The van der Waals surface area contributed by atoms with Crippen molar-refractivity contribution in [3.63, 3.8) is 0 Å². The molecule has 0 aliphatic carbocycles. The summed E-state index contributed by atoms with van der Waals surface area (Å²) in [6.45, 7) is 4.10. The molecule has 1 N–H and O–H groups in total. The zero-order chi connectivity index (χ0) is 23.9. The fourth-order valence-electron chi connectivity index (χ4n) is 3.39. The predicted molar refractivity (Wildman–Crippen MR) is 135 cm³/mol. The molecule has 1 amide bonds. The second-order valence-electron chi connectivity index (χ2n) is 7.41. The molecule has 0 bridgehead atoms. The van der Waals surface area contributed by atoms with Crippen LogP contribution in [-0.4, -0.2) is 12.1 Å². The number of halogens is 1. The van der Waals surface area contributed by atoms with E-state index in [2.05, 4.69) is 39.1 Å². The third kappa shape index (κ3) is 5.42. The number of hydrazone groups is 1. The lowest BCUT2D eigenvalue weighted by Gasteiger charge is -2.12. The van der Waals surface area contributed by atoms with Gasteiger partial charge in [-0.1, -0.05) is 40.2 Å². The van der Waals surface area contributed by atoms with Crippen molar-refractivity contribution in [3.8, 4) is 11.8 Å². The van der Waals surface area contributed by atoms with Crippen molar-refractivity contribution in [2.75, 3.05) is 0 Å². The molecule has 0 atom stereocenters. The minimum atomic E-state index is -0.439. The van der Waals surface area contributed by atoms with E-state index in [1.165, 1.54) is 0 Å². The van der Waals surface area contributed by atoms with Gasteiger partial charge in [0.15, 0.2) is 5.76 Å². The highest BCUT2D eigenvalue weighted by molar-refractivity contribution is 9.10. The number of furan rings is 1. The standard InChI is InChI=1S/C27H20BrN3O3/c1-2-5-19-12-18(8-10-24(19)33-17-21-7-4-3-6-20(21)15-29)16-30-31-27(32)26-14-22-13-23(28)9-11-25(22)34-26/h2-4,6-14,16H,1,5,17H2,(H,31,32)/b30-16+. The quantitative estimate of drug-likeness (QED) is 0.174. The van der Waals surface area contributed by atoms with Crippen molar-refractivity contribution < 1.29 is 13.9 Å². The summed E-state index contributed by atoms with van der Waals surface area (Å²) >= 11 is 3.40. The lowest BCUT2D eigenvalue weighted by molar-refractivity contribution is 0.0929. The van der Waals surface area contributed by atoms with Crippen LogP contribution in [0.15, 0.2) is 93.4 Å². The van der Waals surface area contributed by atoms with Gasteiger partial charge in [-0.3, -0.25) is 4.79 Å². The number of carbonyl (C=O) groups excluding carboxylic acids is 1. The van der Waals surface area contributed by atoms with Crippen LogP contribution >= 0.6 is 15.9 Å². The van der Waals surface area contributed by atoms with Gasteiger partial charge in [-0.05, 0) is 66.1 Å². The summed E-state index contributed by atoms with van der Waals surface area (Å²) in [6, 6.07) is 22.3. The number of hydrogen-bond donors (Lipinski definition) is 1. The lowest BCUT2D eigenvalue weighted by Crippen LogP contribution is -2.16. The second kappa shape index (κ2) is 10.6. The first kappa shape index (κ1) is 23.0. The molecule has 0 spiro atoms. The van der Waals surface area contributed by atoms with Crippen molar-refractivity contribution in [1.29, 1.82) is 5.26 Å². The SMILES string of the molecule is C=CCc1cc(/C=N/NC(=O)c2cc3cc(Br)ccc3o2)ccc1OCc1ccccc1C#N. The molecule has 0 saturated heterocycles. The Kier molecular flexibility index (Phi) is 7.21. The summed E-state index contributed by atoms with van der Waals surface area (Å²) in [5, 5.41) is 14.1. The van der Waals surface area contributed by atoms with Gasteiger partial charge in [0.1, 0.15) is 17.9 Å². The number of rotatable bonds is 8. The maximum atomic E-state index is 12.4. The highest BCUT2D eigenvalue weighted by Crippen LogP contribution is 2.24. The minimum Gasteiger partial charge on any atom is -0.489 e. The molecule has 0 aliphatic rings. The fourth-order valence-corrected chi connectivity index (χ4v) is 3.77. The highest BCUT2D eigenvalue weighted by Gasteiger charge is 2.12. The molecule has 0 fully saturated rings. The Bertz CT molecular complexity index is 1430. The largest absolute Gasteiger partial charge is 0.489 e. The second-order valence-corrected chi connectivity index (χ2v) is 8.33. The van der Waals surface area contributed by atoms with Crippen LogP contribution in [0, 0.1) is 11.3 Å². The number of amides is 1. The smallest absolute Gasteiger partial charge is 0.307 e. The number of nitrogens with zero attached hydrogens (tertiary/aromatic N) is 2. The number of nitrogens with one attached hydrogen (secondary N) is 1. The molecule has 1 heterocycles. The summed E-state index contributed by atoms with van der Waals surface area (Å²) < 4.78 is 12.5. The summed E-state index contributed by atoms with van der Waals surface area (Å²) in [5.74, 6) is 0.437. The predicted octanol–water partition coefficient (Wildman–Crippen LogP) is 6.14. The van der Waals surface area contributed by atoms with Gasteiger partial charge >= 0.3 is 5.91 Å². The average molecular weight is 514 g/mol. The molecule has 0 unspecified atom stereocenters. The number of allylic oxidation sites excluding steroid dienone is 1. The Hall–Kier alpha value is -4.15. The molecular formula is C27H20BrN3O3. The van der Waals surface area contributed by atoms with Gasteiger partial charge in [0.05, 0.1) is 17.8 Å². The van der Waals surface area contributed by atoms with Crippen LogP contribution in [0.1, 0.15) is 32.8 Å². The van der Waals surface area contributed by atoms with Crippen LogP contribution < -0.4 is 10.2 Å². The number of fused-ring (bicyclic) bond motifs is 1. The normalized spacial score (nSPS) is 10.8. The van der Waals surface area contributed by atoms with Gasteiger partial charge in [-0.2, -0.15) is 10.4 Å². The van der Waals surface area contributed by atoms with Crippen molar-refractivity contribution >= 4 is 39.0 Å². The Labute approximate surface area is 205 Å². The summed E-state index contributed by atoms with van der Waals surface area (Å²) in [6.07, 6.45) is 3.93. The third-order valence-corrected chi connectivity index (χ3v) is 5.54. The Morgan fingerprint density at radius 3 is 2.82 bits per heavy atom. The molecule has 6 nitrogen and oxygen atoms in total. The Balaban J connectivity index is 1.44. The van der Waals surface area contributed by atoms with E-state index >= 15 is 0 Å². The molecule has 1 aromatic heterocycles. The molecule has 7 heteroatoms. The van der Waals surface area contributed by atoms with Crippen LogP contribution in [0.5, 0.6) is 5.75 Å². The molecule has 34 heavy (non-hydrogen) atoms. The average Bonchev–Trinajstić information content (AvgIpc) is 3.27. The number of ether oxygens (including phenoxy) is 1. The van der Waals surface area contributed by atoms with Crippen molar-refractivity contribution in [1.82, 2.24) is 5.43 Å². The van der Waals surface area contributed by atoms with E-state index < -0.39 is 5.91 Å². The number of carbonyl (C=O) groups is 1. The van der Waals surface area contributed by atoms with E-state index in [0.717, 1.165) is 26.5 Å². The zero-order valence-corrected chi connectivity index (χ0v) is 19.7. The topological polar surface area (TPSA) is 87.6 Å². The van der Waals surface area contributed by atoms with Crippen LogP contribution in [-0.2, 0) is 13.0 Å². The fraction of sp³-hybridized carbons (Fsp3) is 0.0741. The van der Waals surface area contributed by atoms with Crippen molar-refractivity contribution in [2.45, 2.75) is 13.0 Å². The molecule has 168 valence electrons. The summed E-state index contributed by atoms with van der Waals surface area (Å²) in [7, 11) is 0. The van der Waals surface area contributed by atoms with Crippen LogP contribution in [0.3, 0.4) is 0 Å². The van der Waals surface area contributed by atoms with E-state index in [9.17, 15) is 10.1 Å². The molecule has 0 radical (unpaired) electrons. The van der Waals surface area contributed by atoms with Crippen molar-refractivity contribution in [3.05, 3.63) is 112 Å². The molecule has 0 saturated carbocycles. The number of nitriles is 1. The molecule has 4 rings (SSSR count). The van der Waals surface area contributed by atoms with Crippen LogP contribution in [0.25, 0.3) is 11.0 Å². The molecule has 0 aliphatic heterocycles. The summed E-state index contributed by atoms with van der Waals surface area (Å²) in [4.78, 5) is 12.4. The highest BCUT2D eigenvalue weighted by atomic mass is 79.9. The van der Waals surface area contributed by atoms with E-state index in [4.69, 9.17) is 9.15 Å². The van der Waals surface area contributed by atoms with E-state index in [1.807, 2.05) is 48.5 Å². The first-order valence-corrected chi connectivity index (χ1v) is 11.2. The first-order valence-electron chi connectivity index (χ1n) is 10.4. The van der Waals surface area contributed by atoms with Gasteiger partial charge in [0.25, 0.3) is 0 Å². The maximum Gasteiger partial charge on any atom is 0.307 e. The molecule has 3 aromatic carbocycles. The minimum absolute atomic E-state index is 0.180. The van der Waals surface area contributed by atoms with Crippen molar-refractivity contribution in [2.24, 2.45) is 5.10 Å². The van der Waals surface area contributed by atoms with Gasteiger partial charge in [-0.25, -0.2) is 5.43 Å². The van der Waals surface area contributed by atoms with Gasteiger partial charge in [0, 0.05) is 15.4 Å². The summed E-state index contributed by atoms with van der Waals surface area (Å²) in [5.41, 5.74) is 6.23. The molecular weight excluding hydrogens is 494 g/mol. The monoisotopic (exact) mass is 513 g/mol. The molecule has 4 aromatic rings. The number of hydrogen-bond acceptors (Lipinski definition) is 5.